The van der Waals surface area contributed by atoms with Crippen molar-refractivity contribution in [1.29, 1.82) is 0 Å². The molecule has 1 aromatic rings. The number of ether oxygens (including phenoxy) is 1. The van der Waals surface area contributed by atoms with Gasteiger partial charge in [0.2, 0.25) is 0 Å². The number of nitrogens with two attached hydrogens (primary N) is 1. The summed E-state index contributed by atoms with van der Waals surface area (Å²) in [5.41, 5.74) is 4.73. The van der Waals surface area contributed by atoms with Crippen LogP contribution in [0.2, 0.25) is 0 Å². The second kappa shape index (κ2) is 3.93. The van der Waals surface area contributed by atoms with Crippen molar-refractivity contribution < 1.29 is 27.4 Å². The summed E-state index contributed by atoms with van der Waals surface area (Å²) in [4.78, 5) is 0. The van der Waals surface area contributed by atoms with E-state index in [0.29, 0.717) is 6.07 Å². The van der Waals surface area contributed by atoms with Gasteiger partial charge < -0.3 is 15.6 Å². The van der Waals surface area contributed by atoms with Gasteiger partial charge in [-0.25, -0.2) is 4.39 Å². The molecular weight excluding hydrogens is 218 g/mol. The Bertz CT molecular complexity index is 364. The molecule has 0 saturated heterocycles. The summed E-state index contributed by atoms with van der Waals surface area (Å²) in [6.45, 7) is -0.798. The van der Waals surface area contributed by atoms with Gasteiger partial charge >= 0.3 is 6.36 Å². The van der Waals surface area contributed by atoms with Gasteiger partial charge in [-0.2, -0.15) is 0 Å². The fourth-order valence-electron chi connectivity index (χ4n) is 1.02. The lowest BCUT2D eigenvalue weighted by atomic mass is 10.2. The molecule has 3 nitrogen and oxygen atoms in total. The molecule has 0 atom stereocenters. The van der Waals surface area contributed by atoms with Crippen LogP contribution in [0.4, 0.5) is 23.2 Å². The molecule has 0 fully saturated rings. The number of nitrogen functional groups attached to an aromatic ring is 1. The first-order valence-electron chi connectivity index (χ1n) is 3.78. The minimum absolute atomic E-state index is 0.0916. The molecule has 0 aromatic heterocycles. The Labute approximate surface area is 82.1 Å². The normalized spacial score (nSPS) is 11.5. The molecule has 0 aliphatic carbocycles. The largest absolute Gasteiger partial charge is 0.573 e. The SMILES string of the molecule is Nc1cc(F)c(OC(F)(F)F)c(CO)c1. The van der Waals surface area contributed by atoms with Crippen LogP contribution in [0.5, 0.6) is 5.75 Å². The molecule has 0 spiro atoms. The molecule has 0 radical (unpaired) electrons. The van der Waals surface area contributed by atoms with E-state index in [9.17, 15) is 17.6 Å². The first kappa shape index (κ1) is 11.6. The highest BCUT2D eigenvalue weighted by Gasteiger charge is 2.33. The summed E-state index contributed by atoms with van der Waals surface area (Å²) in [7, 11) is 0. The third-order valence-corrected chi connectivity index (χ3v) is 1.53. The van der Waals surface area contributed by atoms with Crippen molar-refractivity contribution in [3.05, 3.63) is 23.5 Å². The van der Waals surface area contributed by atoms with Crippen LogP contribution < -0.4 is 10.5 Å². The van der Waals surface area contributed by atoms with Gasteiger partial charge in [0.25, 0.3) is 0 Å². The Morgan fingerprint density at radius 3 is 2.40 bits per heavy atom. The minimum atomic E-state index is -5.01. The van der Waals surface area contributed by atoms with Gasteiger partial charge in [0.1, 0.15) is 0 Å². The van der Waals surface area contributed by atoms with Crippen LogP contribution in [-0.4, -0.2) is 11.5 Å². The molecule has 7 heteroatoms. The van der Waals surface area contributed by atoms with Crippen LogP contribution in [-0.2, 0) is 6.61 Å². The summed E-state index contributed by atoms with van der Waals surface area (Å²) in [5.74, 6) is -2.32. The summed E-state index contributed by atoms with van der Waals surface area (Å²) in [5, 5.41) is 8.69. The molecule has 3 N–H and O–H groups in total. The van der Waals surface area contributed by atoms with E-state index in [2.05, 4.69) is 4.74 Å². The van der Waals surface area contributed by atoms with Crippen molar-refractivity contribution in [3.8, 4) is 5.75 Å². The fraction of sp³-hybridized carbons (Fsp3) is 0.250. The van der Waals surface area contributed by atoms with E-state index < -0.39 is 24.5 Å². The molecule has 0 bridgehead atoms. The number of benzene rings is 1. The van der Waals surface area contributed by atoms with E-state index in [1.165, 1.54) is 0 Å². The van der Waals surface area contributed by atoms with Crippen molar-refractivity contribution in [3.63, 3.8) is 0 Å². The lowest BCUT2D eigenvalue weighted by molar-refractivity contribution is -0.276. The van der Waals surface area contributed by atoms with Crippen LogP contribution in [0.25, 0.3) is 0 Å². The Hall–Kier alpha value is -1.50. The number of anilines is 1. The molecule has 84 valence electrons. The second-order valence-corrected chi connectivity index (χ2v) is 2.70. The fourth-order valence-corrected chi connectivity index (χ4v) is 1.02. The molecule has 0 aliphatic heterocycles. The molecule has 1 rings (SSSR count). The van der Waals surface area contributed by atoms with E-state index in [4.69, 9.17) is 10.8 Å². The predicted molar refractivity (Wildman–Crippen MR) is 43.4 cm³/mol. The number of halogens is 4. The minimum Gasteiger partial charge on any atom is -0.402 e. The molecule has 1 aromatic carbocycles. The van der Waals surface area contributed by atoms with E-state index in [0.717, 1.165) is 6.07 Å². The quantitative estimate of drug-likeness (QED) is 0.596. The molecule has 0 aliphatic rings. The van der Waals surface area contributed by atoms with Gasteiger partial charge in [-0.15, -0.1) is 13.2 Å². The van der Waals surface area contributed by atoms with Crippen molar-refractivity contribution in [2.45, 2.75) is 13.0 Å². The zero-order valence-corrected chi connectivity index (χ0v) is 7.31. The molecular formula is C8H7F4NO2. The maximum atomic E-state index is 13.0. The van der Waals surface area contributed by atoms with Gasteiger partial charge in [-0.1, -0.05) is 0 Å². The van der Waals surface area contributed by atoms with E-state index in [1.54, 1.807) is 0 Å². The van der Waals surface area contributed by atoms with Crippen molar-refractivity contribution in [2.24, 2.45) is 0 Å². The van der Waals surface area contributed by atoms with Gasteiger partial charge in [0, 0.05) is 17.3 Å². The smallest absolute Gasteiger partial charge is 0.402 e. The van der Waals surface area contributed by atoms with Gasteiger partial charge in [-0.05, 0) is 6.07 Å². The van der Waals surface area contributed by atoms with Gasteiger partial charge in [-0.3, -0.25) is 0 Å². The number of alkyl halides is 3. The van der Waals surface area contributed by atoms with Crippen LogP contribution in [0.3, 0.4) is 0 Å². The van der Waals surface area contributed by atoms with E-state index in [-0.39, 0.29) is 11.3 Å². The number of aliphatic hydroxyl groups is 1. The van der Waals surface area contributed by atoms with Crippen LogP contribution >= 0.6 is 0 Å². The van der Waals surface area contributed by atoms with Crippen LogP contribution in [0, 0.1) is 5.82 Å². The van der Waals surface area contributed by atoms with Gasteiger partial charge in [0.15, 0.2) is 11.6 Å². The number of hydrogen-bond acceptors (Lipinski definition) is 3. The standard InChI is InChI=1S/C8H7F4NO2/c9-6-2-5(13)1-4(3-14)7(6)15-8(10,11)12/h1-2,14H,3,13H2. The van der Waals surface area contributed by atoms with Crippen molar-refractivity contribution in [1.82, 2.24) is 0 Å². The maximum Gasteiger partial charge on any atom is 0.573 e. The Morgan fingerprint density at radius 1 is 1.33 bits per heavy atom. The Balaban J connectivity index is 3.15. The Morgan fingerprint density at radius 2 is 1.93 bits per heavy atom. The lowest BCUT2D eigenvalue weighted by Crippen LogP contribution is -2.19. The maximum absolute atomic E-state index is 13.0. The number of hydrogen-bond donors (Lipinski definition) is 2. The molecule has 0 amide bonds. The average molecular weight is 225 g/mol. The van der Waals surface area contributed by atoms with Crippen LogP contribution in [0.1, 0.15) is 5.56 Å². The predicted octanol–water partition coefficient (Wildman–Crippen LogP) is 1.80. The average Bonchev–Trinajstić information content (AvgIpc) is 2.07. The van der Waals surface area contributed by atoms with Crippen molar-refractivity contribution in [2.75, 3.05) is 5.73 Å². The summed E-state index contributed by atoms with van der Waals surface area (Å²) in [6, 6.07) is 1.68. The highest BCUT2D eigenvalue weighted by atomic mass is 19.4. The zero-order valence-electron chi connectivity index (χ0n) is 7.31. The summed E-state index contributed by atoms with van der Waals surface area (Å²) >= 11 is 0. The second-order valence-electron chi connectivity index (χ2n) is 2.70. The first-order chi connectivity index (χ1) is 6.83. The van der Waals surface area contributed by atoms with Crippen molar-refractivity contribution >= 4 is 5.69 Å². The Kier molecular flexibility index (Phi) is 3.04. The number of aliphatic hydroxyl groups excluding tert-OH is 1. The topological polar surface area (TPSA) is 55.5 Å². The molecule has 0 saturated carbocycles. The zero-order chi connectivity index (χ0) is 11.6. The lowest BCUT2D eigenvalue weighted by Gasteiger charge is -2.13. The molecule has 15 heavy (non-hydrogen) atoms. The highest BCUT2D eigenvalue weighted by Crippen LogP contribution is 2.31. The highest BCUT2D eigenvalue weighted by molar-refractivity contribution is 5.48. The molecule has 0 heterocycles. The summed E-state index contributed by atoms with van der Waals surface area (Å²) < 4.78 is 51.9. The third kappa shape index (κ3) is 2.98. The van der Waals surface area contributed by atoms with Crippen LogP contribution in [0.15, 0.2) is 12.1 Å². The summed E-state index contributed by atoms with van der Waals surface area (Å²) in [6.07, 6.45) is -5.01. The first-order valence-corrected chi connectivity index (χ1v) is 3.78. The molecule has 0 unspecified atom stereocenters. The van der Waals surface area contributed by atoms with E-state index >= 15 is 0 Å². The number of rotatable bonds is 2. The van der Waals surface area contributed by atoms with E-state index in [1.807, 2.05) is 0 Å². The van der Waals surface area contributed by atoms with Gasteiger partial charge in [0.05, 0.1) is 6.61 Å². The monoisotopic (exact) mass is 225 g/mol. The third-order valence-electron chi connectivity index (χ3n) is 1.53.